The van der Waals surface area contributed by atoms with Crippen molar-refractivity contribution in [1.29, 1.82) is 0 Å². The second-order valence-electron chi connectivity index (χ2n) is 5.80. The molecular formula is C19H17NO4. The van der Waals surface area contributed by atoms with Gasteiger partial charge in [0.25, 0.3) is 0 Å². The van der Waals surface area contributed by atoms with Crippen molar-refractivity contribution in [3.63, 3.8) is 0 Å². The zero-order chi connectivity index (χ0) is 17.3. The average Bonchev–Trinajstić information content (AvgIpc) is 2.56. The topological polar surface area (TPSA) is 101 Å². The average molecular weight is 323 g/mol. The van der Waals surface area contributed by atoms with Crippen LogP contribution < -0.4 is 5.73 Å². The molecule has 1 aliphatic rings. The summed E-state index contributed by atoms with van der Waals surface area (Å²) in [7, 11) is 0. The summed E-state index contributed by atoms with van der Waals surface area (Å²) in [6.45, 7) is 0. The van der Waals surface area contributed by atoms with E-state index in [0.29, 0.717) is 12.0 Å². The number of nitrogens with two attached hydrogens (primary N) is 1. The number of hydrogen-bond acceptors (Lipinski definition) is 3. The Kier molecular flexibility index (Phi) is 4.18. The lowest BCUT2D eigenvalue weighted by atomic mass is 9.85. The lowest BCUT2D eigenvalue weighted by Gasteiger charge is -2.19. The summed E-state index contributed by atoms with van der Waals surface area (Å²) in [4.78, 5) is 22.7. The van der Waals surface area contributed by atoms with Gasteiger partial charge in [0.15, 0.2) is 0 Å². The molecule has 0 saturated heterocycles. The molecule has 1 atom stereocenters. The van der Waals surface area contributed by atoms with Crippen molar-refractivity contribution in [1.82, 2.24) is 0 Å². The molecule has 0 spiro atoms. The van der Waals surface area contributed by atoms with Gasteiger partial charge >= 0.3 is 11.9 Å². The van der Waals surface area contributed by atoms with Crippen LogP contribution in [-0.2, 0) is 9.59 Å². The van der Waals surface area contributed by atoms with Crippen LogP contribution in [0, 0.1) is 0 Å². The van der Waals surface area contributed by atoms with Crippen LogP contribution in [0.3, 0.4) is 0 Å². The number of rotatable bonds is 4. The van der Waals surface area contributed by atoms with Gasteiger partial charge < -0.3 is 15.9 Å². The minimum absolute atomic E-state index is 0.0609. The fourth-order valence-corrected chi connectivity index (χ4v) is 3.00. The first kappa shape index (κ1) is 16.0. The Morgan fingerprint density at radius 2 is 1.79 bits per heavy atom. The molecule has 24 heavy (non-hydrogen) atoms. The van der Waals surface area contributed by atoms with E-state index in [0.717, 1.165) is 21.9 Å². The molecule has 0 saturated carbocycles. The molecule has 3 rings (SSSR count). The summed E-state index contributed by atoms with van der Waals surface area (Å²) in [5, 5.41) is 20.6. The molecule has 0 aliphatic heterocycles. The Bertz CT molecular complexity index is 895. The minimum atomic E-state index is -1.24. The monoisotopic (exact) mass is 323 g/mol. The summed E-state index contributed by atoms with van der Waals surface area (Å²) in [5.74, 6) is -2.34. The molecule has 2 aromatic rings. The molecule has 0 fully saturated rings. The van der Waals surface area contributed by atoms with Crippen molar-refractivity contribution in [2.24, 2.45) is 5.73 Å². The maximum absolute atomic E-state index is 11.7. The van der Waals surface area contributed by atoms with Gasteiger partial charge in [0.05, 0.1) is 0 Å². The van der Waals surface area contributed by atoms with Crippen LogP contribution in [0.15, 0.2) is 48.0 Å². The molecule has 4 N–H and O–H groups in total. The molecule has 122 valence electrons. The summed E-state index contributed by atoms with van der Waals surface area (Å²) in [6.07, 6.45) is 4.09. The highest BCUT2D eigenvalue weighted by molar-refractivity contribution is 6.01. The second-order valence-corrected chi connectivity index (χ2v) is 5.80. The summed E-state index contributed by atoms with van der Waals surface area (Å²) >= 11 is 0. The lowest BCUT2D eigenvalue weighted by Crippen LogP contribution is -2.31. The van der Waals surface area contributed by atoms with Gasteiger partial charge in [0.1, 0.15) is 6.04 Å². The summed E-state index contributed by atoms with van der Waals surface area (Å²) < 4.78 is 0. The zero-order valence-corrected chi connectivity index (χ0v) is 12.9. The predicted molar refractivity (Wildman–Crippen MR) is 92.4 cm³/mol. The van der Waals surface area contributed by atoms with Crippen LogP contribution >= 0.6 is 0 Å². The van der Waals surface area contributed by atoms with E-state index in [2.05, 4.69) is 0 Å². The number of carboxylic acid groups (broad SMARTS) is 2. The molecule has 2 aromatic carbocycles. The van der Waals surface area contributed by atoms with Crippen molar-refractivity contribution < 1.29 is 19.8 Å². The van der Waals surface area contributed by atoms with Gasteiger partial charge in [-0.15, -0.1) is 0 Å². The van der Waals surface area contributed by atoms with Crippen molar-refractivity contribution in [3.8, 4) is 0 Å². The Hall–Kier alpha value is -2.92. The lowest BCUT2D eigenvalue weighted by molar-refractivity contribution is -0.138. The smallest absolute Gasteiger partial charge is 0.331 e. The standard InChI is InChI=1S/C19H17NO4/c20-17(19(23)24)10-16(18(21)22)14-7-3-6-13-8-11-4-1-2-5-12(11)9-15(13)14/h1-6,8-9,17H,7,10,20H2,(H,21,22)(H,23,24)/b16-14+/t17-/m0/s1. The number of aliphatic carboxylic acids is 2. The molecular weight excluding hydrogens is 306 g/mol. The highest BCUT2D eigenvalue weighted by Gasteiger charge is 2.24. The number of carboxylic acids is 2. The number of hydrogen-bond donors (Lipinski definition) is 3. The van der Waals surface area contributed by atoms with Gasteiger partial charge in [0.2, 0.25) is 0 Å². The van der Waals surface area contributed by atoms with Crippen molar-refractivity contribution in [3.05, 3.63) is 59.2 Å². The number of allylic oxidation sites excluding steroid dienone is 2. The Balaban J connectivity index is 2.18. The Morgan fingerprint density at radius 1 is 1.12 bits per heavy atom. The van der Waals surface area contributed by atoms with Crippen LogP contribution in [0.4, 0.5) is 0 Å². The van der Waals surface area contributed by atoms with Crippen LogP contribution in [-0.4, -0.2) is 28.2 Å². The van der Waals surface area contributed by atoms with Gasteiger partial charge in [-0.1, -0.05) is 36.4 Å². The van der Waals surface area contributed by atoms with E-state index >= 15 is 0 Å². The van der Waals surface area contributed by atoms with Gasteiger partial charge in [-0.25, -0.2) is 4.79 Å². The summed E-state index contributed by atoms with van der Waals surface area (Å²) in [5.41, 5.74) is 8.00. The van der Waals surface area contributed by atoms with Gasteiger partial charge in [-0.2, -0.15) is 0 Å². The van der Waals surface area contributed by atoms with Crippen molar-refractivity contribution in [2.45, 2.75) is 18.9 Å². The molecule has 0 amide bonds. The SMILES string of the molecule is N[C@@H](C/C(C(=O)O)=C1/CC=Cc2cc3ccccc3cc21)C(=O)O. The van der Waals surface area contributed by atoms with E-state index in [1.54, 1.807) is 0 Å². The Labute approximate surface area is 138 Å². The molecule has 5 nitrogen and oxygen atoms in total. The minimum Gasteiger partial charge on any atom is -0.480 e. The highest BCUT2D eigenvalue weighted by atomic mass is 16.4. The van der Waals surface area contributed by atoms with Gasteiger partial charge in [0, 0.05) is 12.0 Å². The first-order valence-corrected chi connectivity index (χ1v) is 7.61. The number of carbonyl (C=O) groups is 2. The zero-order valence-electron chi connectivity index (χ0n) is 12.9. The van der Waals surface area contributed by atoms with E-state index in [1.165, 1.54) is 0 Å². The first-order valence-electron chi connectivity index (χ1n) is 7.61. The maximum atomic E-state index is 11.7. The molecule has 5 heteroatoms. The molecule has 0 heterocycles. The number of benzene rings is 2. The fraction of sp³-hybridized carbons (Fsp3) is 0.158. The van der Waals surface area contributed by atoms with E-state index in [-0.39, 0.29) is 12.0 Å². The molecule has 1 aliphatic carbocycles. The summed E-state index contributed by atoms with van der Waals surface area (Å²) in [6, 6.07) is 10.6. The highest BCUT2D eigenvalue weighted by Crippen LogP contribution is 2.35. The molecule has 0 radical (unpaired) electrons. The molecule has 0 unspecified atom stereocenters. The van der Waals surface area contributed by atoms with Crippen LogP contribution in [0.1, 0.15) is 24.0 Å². The van der Waals surface area contributed by atoms with Gasteiger partial charge in [-0.05, 0) is 46.0 Å². The third-order valence-electron chi connectivity index (χ3n) is 4.23. The van der Waals surface area contributed by atoms with Crippen molar-refractivity contribution in [2.75, 3.05) is 0 Å². The molecule has 0 aromatic heterocycles. The van der Waals surface area contributed by atoms with Crippen molar-refractivity contribution >= 4 is 34.4 Å². The fourth-order valence-electron chi connectivity index (χ4n) is 3.00. The van der Waals surface area contributed by atoms with Gasteiger partial charge in [-0.3, -0.25) is 4.79 Å². The van der Waals surface area contributed by atoms with E-state index in [1.807, 2.05) is 48.6 Å². The quantitative estimate of drug-likeness (QED) is 0.751. The predicted octanol–water partition coefficient (Wildman–Crippen LogP) is 2.90. The van der Waals surface area contributed by atoms with E-state index in [4.69, 9.17) is 10.8 Å². The third kappa shape index (κ3) is 2.94. The largest absolute Gasteiger partial charge is 0.480 e. The maximum Gasteiger partial charge on any atom is 0.331 e. The Morgan fingerprint density at radius 3 is 2.42 bits per heavy atom. The first-order chi connectivity index (χ1) is 11.5. The number of fused-ring (bicyclic) bond motifs is 2. The normalized spacial score (nSPS) is 16.5. The molecule has 0 bridgehead atoms. The van der Waals surface area contributed by atoms with Crippen LogP contribution in [0.25, 0.3) is 22.4 Å². The van der Waals surface area contributed by atoms with Crippen LogP contribution in [0.2, 0.25) is 0 Å². The van der Waals surface area contributed by atoms with E-state index < -0.39 is 18.0 Å². The second kappa shape index (κ2) is 6.29. The third-order valence-corrected chi connectivity index (χ3v) is 4.23. The van der Waals surface area contributed by atoms with E-state index in [9.17, 15) is 14.7 Å². The van der Waals surface area contributed by atoms with Crippen LogP contribution in [0.5, 0.6) is 0 Å².